The number of hydrogen-bond acceptors (Lipinski definition) is 2. The summed E-state index contributed by atoms with van der Waals surface area (Å²) in [6.45, 7) is 10.3. The second kappa shape index (κ2) is 7.59. The molecule has 144 valence electrons. The molecular formula is C25H26O3. The molecule has 0 amide bonds. The highest BCUT2D eigenvalue weighted by Crippen LogP contribution is 2.29. The van der Waals surface area contributed by atoms with E-state index in [0.29, 0.717) is 33.6 Å². The van der Waals surface area contributed by atoms with Crippen molar-refractivity contribution >= 4 is 22.5 Å². The van der Waals surface area contributed by atoms with Gasteiger partial charge in [0.25, 0.3) is 0 Å². The summed E-state index contributed by atoms with van der Waals surface area (Å²) in [5.41, 5.74) is 4.56. The molecule has 0 heterocycles. The standard InChI is InChI=1S/C25H26O3/c1-14(2)17-8-11-21(22(13-17)15(3)4)24(26)19-9-10-20-18(12-19)7-6-16(5)23(20)25(27)28/h6-15H,1-5H3,(H,27,28). The second-order valence-electron chi connectivity index (χ2n) is 7.98. The molecule has 3 heteroatoms. The predicted octanol–water partition coefficient (Wildman–Crippen LogP) is 6.32. The molecule has 0 spiro atoms. The van der Waals surface area contributed by atoms with Crippen LogP contribution < -0.4 is 0 Å². The molecule has 0 bridgehead atoms. The highest BCUT2D eigenvalue weighted by atomic mass is 16.4. The number of aromatic carboxylic acids is 1. The van der Waals surface area contributed by atoms with Gasteiger partial charge in [-0.3, -0.25) is 4.79 Å². The van der Waals surface area contributed by atoms with Gasteiger partial charge in [-0.15, -0.1) is 0 Å². The first-order chi connectivity index (χ1) is 13.2. The van der Waals surface area contributed by atoms with Crippen LogP contribution in [-0.4, -0.2) is 16.9 Å². The Labute approximate surface area is 166 Å². The van der Waals surface area contributed by atoms with E-state index in [4.69, 9.17) is 0 Å². The summed E-state index contributed by atoms with van der Waals surface area (Å²) in [5, 5.41) is 10.9. The van der Waals surface area contributed by atoms with E-state index in [2.05, 4.69) is 33.8 Å². The van der Waals surface area contributed by atoms with E-state index in [-0.39, 0.29) is 11.7 Å². The van der Waals surface area contributed by atoms with E-state index in [1.165, 1.54) is 5.56 Å². The highest BCUT2D eigenvalue weighted by Gasteiger charge is 2.19. The SMILES string of the molecule is Cc1ccc2cc(C(=O)c3ccc(C(C)C)cc3C(C)C)ccc2c1C(=O)O. The first-order valence-electron chi connectivity index (χ1n) is 9.66. The number of carbonyl (C=O) groups is 2. The van der Waals surface area contributed by atoms with E-state index in [1.54, 1.807) is 31.2 Å². The van der Waals surface area contributed by atoms with Gasteiger partial charge in [-0.2, -0.15) is 0 Å². The van der Waals surface area contributed by atoms with Crippen LogP contribution in [-0.2, 0) is 0 Å². The Morgan fingerprint density at radius 1 is 0.857 bits per heavy atom. The smallest absolute Gasteiger partial charge is 0.336 e. The topological polar surface area (TPSA) is 54.4 Å². The Morgan fingerprint density at radius 3 is 2.18 bits per heavy atom. The molecule has 1 N–H and O–H groups in total. The van der Waals surface area contributed by atoms with Crippen LogP contribution in [0.3, 0.4) is 0 Å². The van der Waals surface area contributed by atoms with Gasteiger partial charge in [0.2, 0.25) is 0 Å². The third-order valence-corrected chi connectivity index (χ3v) is 5.31. The van der Waals surface area contributed by atoms with Crippen LogP contribution >= 0.6 is 0 Å². The number of aryl methyl sites for hydroxylation is 1. The van der Waals surface area contributed by atoms with Gasteiger partial charge in [0.05, 0.1) is 5.56 Å². The largest absolute Gasteiger partial charge is 0.478 e. The van der Waals surface area contributed by atoms with Crippen molar-refractivity contribution in [1.82, 2.24) is 0 Å². The van der Waals surface area contributed by atoms with Gasteiger partial charge in [0, 0.05) is 11.1 Å². The first-order valence-corrected chi connectivity index (χ1v) is 9.66. The van der Waals surface area contributed by atoms with Gasteiger partial charge >= 0.3 is 5.97 Å². The molecule has 3 aromatic carbocycles. The molecule has 0 aromatic heterocycles. The lowest BCUT2D eigenvalue weighted by Gasteiger charge is -2.16. The number of carboxylic acid groups (broad SMARTS) is 1. The van der Waals surface area contributed by atoms with Crippen LogP contribution in [0.4, 0.5) is 0 Å². The van der Waals surface area contributed by atoms with Crippen molar-refractivity contribution in [3.8, 4) is 0 Å². The third-order valence-electron chi connectivity index (χ3n) is 5.31. The number of fused-ring (bicyclic) bond motifs is 1. The Balaban J connectivity index is 2.12. The summed E-state index contributed by atoms with van der Waals surface area (Å²) in [6.07, 6.45) is 0. The van der Waals surface area contributed by atoms with Gasteiger partial charge in [0.15, 0.2) is 5.78 Å². The number of rotatable bonds is 5. The van der Waals surface area contributed by atoms with Crippen LogP contribution in [0.25, 0.3) is 10.8 Å². The number of benzene rings is 3. The van der Waals surface area contributed by atoms with E-state index in [9.17, 15) is 14.7 Å². The zero-order chi connectivity index (χ0) is 20.6. The second-order valence-corrected chi connectivity index (χ2v) is 7.98. The fourth-order valence-corrected chi connectivity index (χ4v) is 3.64. The molecule has 0 saturated carbocycles. The van der Waals surface area contributed by atoms with Crippen molar-refractivity contribution in [2.45, 2.75) is 46.5 Å². The van der Waals surface area contributed by atoms with Crippen LogP contribution in [0.5, 0.6) is 0 Å². The van der Waals surface area contributed by atoms with Crippen molar-refractivity contribution in [3.05, 3.63) is 81.9 Å². The molecule has 3 rings (SSSR count). The molecule has 0 atom stereocenters. The minimum absolute atomic E-state index is 0.0293. The Bertz CT molecular complexity index is 1070. The highest BCUT2D eigenvalue weighted by molar-refractivity contribution is 6.13. The summed E-state index contributed by atoms with van der Waals surface area (Å²) < 4.78 is 0. The molecule has 3 nitrogen and oxygen atoms in total. The van der Waals surface area contributed by atoms with Crippen molar-refractivity contribution in [1.29, 1.82) is 0 Å². The quantitative estimate of drug-likeness (QED) is 0.531. The maximum absolute atomic E-state index is 13.3. The molecule has 0 aliphatic carbocycles. The molecular weight excluding hydrogens is 348 g/mol. The van der Waals surface area contributed by atoms with E-state index < -0.39 is 5.97 Å². The van der Waals surface area contributed by atoms with Crippen molar-refractivity contribution in [2.75, 3.05) is 0 Å². The number of carboxylic acids is 1. The summed E-state index contributed by atoms with van der Waals surface area (Å²) in [6, 6.07) is 15.0. The Morgan fingerprint density at radius 2 is 1.57 bits per heavy atom. The molecule has 0 saturated heterocycles. The zero-order valence-electron chi connectivity index (χ0n) is 17.0. The van der Waals surface area contributed by atoms with Gasteiger partial charge in [0.1, 0.15) is 0 Å². The summed E-state index contributed by atoms with van der Waals surface area (Å²) in [7, 11) is 0. The number of hydrogen-bond donors (Lipinski definition) is 1. The van der Waals surface area contributed by atoms with Crippen LogP contribution in [0.15, 0.2) is 48.5 Å². The van der Waals surface area contributed by atoms with E-state index in [1.807, 2.05) is 18.2 Å². The summed E-state index contributed by atoms with van der Waals surface area (Å²) in [5.74, 6) is -0.341. The molecule has 0 aliphatic rings. The lowest BCUT2D eigenvalue weighted by Crippen LogP contribution is -2.08. The zero-order valence-corrected chi connectivity index (χ0v) is 17.0. The van der Waals surface area contributed by atoms with Crippen molar-refractivity contribution in [2.24, 2.45) is 0 Å². The third kappa shape index (κ3) is 3.57. The summed E-state index contributed by atoms with van der Waals surface area (Å²) >= 11 is 0. The monoisotopic (exact) mass is 374 g/mol. The van der Waals surface area contributed by atoms with Crippen molar-refractivity contribution in [3.63, 3.8) is 0 Å². The number of carbonyl (C=O) groups excluding carboxylic acids is 1. The molecule has 0 unspecified atom stereocenters. The Hall–Kier alpha value is -2.94. The maximum Gasteiger partial charge on any atom is 0.336 e. The fraction of sp³-hybridized carbons (Fsp3) is 0.280. The predicted molar refractivity (Wildman–Crippen MR) is 114 cm³/mol. The van der Waals surface area contributed by atoms with Crippen LogP contribution in [0.2, 0.25) is 0 Å². The molecule has 0 radical (unpaired) electrons. The minimum Gasteiger partial charge on any atom is -0.478 e. The average molecular weight is 374 g/mol. The minimum atomic E-state index is -0.950. The van der Waals surface area contributed by atoms with Gasteiger partial charge in [-0.1, -0.05) is 70.2 Å². The van der Waals surface area contributed by atoms with E-state index >= 15 is 0 Å². The first kappa shape index (κ1) is 19.8. The lowest BCUT2D eigenvalue weighted by atomic mass is 9.87. The normalized spacial score (nSPS) is 11.4. The van der Waals surface area contributed by atoms with Crippen LogP contribution in [0.1, 0.15) is 82.5 Å². The van der Waals surface area contributed by atoms with Gasteiger partial charge in [-0.05, 0) is 52.3 Å². The van der Waals surface area contributed by atoms with Crippen LogP contribution in [0, 0.1) is 6.92 Å². The summed E-state index contributed by atoms with van der Waals surface area (Å²) in [4.78, 5) is 24.9. The average Bonchev–Trinajstić information content (AvgIpc) is 2.65. The number of ketones is 1. The van der Waals surface area contributed by atoms with Crippen molar-refractivity contribution < 1.29 is 14.7 Å². The Kier molecular flexibility index (Phi) is 5.37. The lowest BCUT2D eigenvalue weighted by molar-refractivity contribution is 0.0698. The maximum atomic E-state index is 13.3. The van der Waals surface area contributed by atoms with Gasteiger partial charge in [-0.25, -0.2) is 4.79 Å². The van der Waals surface area contributed by atoms with Gasteiger partial charge < -0.3 is 5.11 Å². The fourth-order valence-electron chi connectivity index (χ4n) is 3.64. The van der Waals surface area contributed by atoms with E-state index in [0.717, 1.165) is 10.9 Å². The molecule has 0 fully saturated rings. The molecule has 3 aromatic rings. The molecule has 28 heavy (non-hydrogen) atoms. The molecule has 0 aliphatic heterocycles.